The quantitative estimate of drug-likeness (QED) is 0.0464. The lowest BCUT2D eigenvalue weighted by Crippen LogP contribution is -2.49. The first-order valence-electron chi connectivity index (χ1n) is 29.7. The highest BCUT2D eigenvalue weighted by atomic mass is 35.5. The van der Waals surface area contributed by atoms with Gasteiger partial charge in [0.2, 0.25) is 0 Å². The summed E-state index contributed by atoms with van der Waals surface area (Å²) in [5.74, 6) is -0.457. The summed E-state index contributed by atoms with van der Waals surface area (Å²) in [4.78, 5) is 52.8. The first kappa shape index (κ1) is 60.0. The van der Waals surface area contributed by atoms with Gasteiger partial charge in [-0.1, -0.05) is 146 Å². The summed E-state index contributed by atoms with van der Waals surface area (Å²) in [6, 6.07) is 65.7. The third-order valence-electron chi connectivity index (χ3n) is 17.4. The van der Waals surface area contributed by atoms with Gasteiger partial charge in [-0.15, -0.1) is 0 Å². The van der Waals surface area contributed by atoms with Crippen LogP contribution in [0.2, 0.25) is 13.6 Å². The number of para-hydroxylation sites is 2. The highest BCUT2D eigenvalue weighted by molar-refractivity contribution is 6.67. The maximum absolute atomic E-state index is 13.9. The van der Waals surface area contributed by atoms with Crippen molar-refractivity contribution >= 4 is 71.4 Å². The van der Waals surface area contributed by atoms with Gasteiger partial charge in [-0.05, 0) is 194 Å². The molecule has 12 nitrogen and oxygen atoms in total. The van der Waals surface area contributed by atoms with E-state index in [2.05, 4.69) is 56.7 Å². The van der Waals surface area contributed by atoms with E-state index in [0.717, 1.165) is 73.0 Å². The van der Waals surface area contributed by atoms with Gasteiger partial charge in [0.25, 0.3) is 23.0 Å². The molecule has 7 N–H and O–H groups in total. The zero-order chi connectivity index (χ0) is 59.3. The molecule has 0 saturated heterocycles. The van der Waals surface area contributed by atoms with E-state index in [1.165, 1.54) is 42.5 Å². The van der Waals surface area contributed by atoms with Crippen LogP contribution in [-0.4, -0.2) is 72.3 Å². The van der Waals surface area contributed by atoms with Crippen molar-refractivity contribution in [1.82, 2.24) is 10.5 Å². The van der Waals surface area contributed by atoms with Crippen LogP contribution in [-0.2, 0) is 12.8 Å². The van der Waals surface area contributed by atoms with Gasteiger partial charge in [0.15, 0.2) is 0 Å². The Morgan fingerprint density at radius 3 is 1.49 bits per heavy atom. The SMILES string of the molecule is CB(O)NC1CCCC12CCN(C(=O)c1ccc(NC(=O)c3ccccc3-c3ccccc3)cc1)c1ccccc1C2.CB(O)NC1CCCC12CCNc1ccccc1C2.O=C(Cl)c1ccc(NC(=O)c2ccccc2-c2ccccc2)cc1. The fourth-order valence-corrected chi connectivity index (χ4v) is 13.4. The number of amides is 3. The second-order valence-corrected chi connectivity index (χ2v) is 23.3. The van der Waals surface area contributed by atoms with Crippen LogP contribution >= 0.6 is 11.6 Å². The second kappa shape index (κ2) is 27.7. The number of hydrogen-bond donors (Lipinski definition) is 7. The number of rotatable bonds is 12. The molecule has 12 rings (SSSR count). The average Bonchev–Trinajstić information content (AvgIpc) is 2.14. The Balaban J connectivity index is 0.000000157. The number of hydrogen-bond acceptors (Lipinski definition) is 9. The molecular formula is C70H73B2ClN6O6. The van der Waals surface area contributed by atoms with Crippen LogP contribution in [0.4, 0.5) is 22.7 Å². The third-order valence-corrected chi connectivity index (χ3v) is 17.6. The van der Waals surface area contributed by atoms with Crippen LogP contribution in [0.25, 0.3) is 22.3 Å². The molecule has 0 aromatic heterocycles. The van der Waals surface area contributed by atoms with E-state index in [4.69, 9.17) is 11.6 Å². The molecule has 4 atom stereocenters. The Hall–Kier alpha value is -8.10. The van der Waals surface area contributed by atoms with E-state index in [9.17, 15) is 29.2 Å². The largest absolute Gasteiger partial charge is 0.437 e. The summed E-state index contributed by atoms with van der Waals surface area (Å²) in [5, 5.41) is 35.4. The monoisotopic (exact) mass is 1150 g/mol. The Bertz CT molecular complexity index is 3590. The second-order valence-electron chi connectivity index (χ2n) is 23.0. The highest BCUT2D eigenvalue weighted by Gasteiger charge is 2.46. The molecule has 15 heteroatoms. The summed E-state index contributed by atoms with van der Waals surface area (Å²) >= 11 is 5.42. The van der Waals surface area contributed by atoms with Crippen molar-refractivity contribution in [2.45, 2.75) is 89.9 Å². The molecule has 2 heterocycles. The summed E-state index contributed by atoms with van der Waals surface area (Å²) in [6.07, 6.45) is 11.0. The first-order chi connectivity index (χ1) is 41.3. The minimum atomic E-state index is -0.563. The number of benzene rings is 8. The molecular weight excluding hydrogens is 1080 g/mol. The number of carbonyl (C=O) groups is 4. The minimum Gasteiger partial charge on any atom is -0.437 e. The van der Waals surface area contributed by atoms with E-state index in [0.29, 0.717) is 51.6 Å². The molecule has 2 saturated carbocycles. The van der Waals surface area contributed by atoms with Gasteiger partial charge in [0.1, 0.15) is 0 Å². The van der Waals surface area contributed by atoms with Gasteiger partial charge in [-0.25, -0.2) is 0 Å². The number of nitrogens with zero attached hydrogens (tertiary/aromatic N) is 1. The van der Waals surface area contributed by atoms with Gasteiger partial charge in [0, 0.05) is 70.2 Å². The Kier molecular flexibility index (Phi) is 19.6. The lowest BCUT2D eigenvalue weighted by Gasteiger charge is -2.36. The van der Waals surface area contributed by atoms with E-state index in [1.54, 1.807) is 61.4 Å². The first-order valence-corrected chi connectivity index (χ1v) is 30.1. The fraction of sp³-hybridized carbons (Fsp3) is 0.257. The van der Waals surface area contributed by atoms with E-state index < -0.39 is 19.3 Å². The molecule has 3 amide bonds. The Morgan fingerprint density at radius 1 is 0.518 bits per heavy atom. The Labute approximate surface area is 505 Å². The molecule has 0 radical (unpaired) electrons. The summed E-state index contributed by atoms with van der Waals surface area (Å²) in [6.45, 7) is 5.26. The van der Waals surface area contributed by atoms with E-state index in [1.807, 2.05) is 133 Å². The Morgan fingerprint density at radius 2 is 0.965 bits per heavy atom. The summed E-state index contributed by atoms with van der Waals surface area (Å²) in [7, 11) is -0.974. The van der Waals surface area contributed by atoms with Crippen molar-refractivity contribution < 1.29 is 29.2 Å². The predicted octanol–water partition coefficient (Wildman–Crippen LogP) is 13.7. The van der Waals surface area contributed by atoms with Crippen LogP contribution in [0.1, 0.15) is 104 Å². The van der Waals surface area contributed by atoms with Crippen molar-refractivity contribution in [1.29, 1.82) is 0 Å². The smallest absolute Gasteiger partial charge is 0.373 e. The molecule has 4 unspecified atom stereocenters. The molecule has 2 fully saturated rings. The highest BCUT2D eigenvalue weighted by Crippen LogP contribution is 2.49. The minimum absolute atomic E-state index is 0.00625. The van der Waals surface area contributed by atoms with Gasteiger partial charge in [-0.3, -0.25) is 19.2 Å². The topological polar surface area (TPSA) is 172 Å². The molecule has 4 aliphatic rings. The van der Waals surface area contributed by atoms with Gasteiger partial charge >= 0.3 is 14.1 Å². The van der Waals surface area contributed by atoms with Crippen LogP contribution in [0.3, 0.4) is 0 Å². The lowest BCUT2D eigenvalue weighted by molar-refractivity contribution is 0.0980. The zero-order valence-corrected chi connectivity index (χ0v) is 49.0. The van der Waals surface area contributed by atoms with Gasteiger partial charge < -0.3 is 41.4 Å². The predicted molar refractivity (Wildman–Crippen MR) is 347 cm³/mol. The molecule has 8 aromatic carbocycles. The summed E-state index contributed by atoms with van der Waals surface area (Å²) in [5.41, 5.74) is 12.2. The lowest BCUT2D eigenvalue weighted by atomic mass is 9.72. The number of anilines is 4. The van der Waals surface area contributed by atoms with E-state index >= 15 is 0 Å². The molecule has 0 bridgehead atoms. The normalized spacial score (nSPS) is 19.2. The summed E-state index contributed by atoms with van der Waals surface area (Å²) < 4.78 is 0. The molecule has 2 aliphatic carbocycles. The maximum atomic E-state index is 13.9. The molecule has 85 heavy (non-hydrogen) atoms. The standard InChI is InChI=1S/C35H36BN3O3.C20H14ClNO2.C15H23BN2O/c1-36(42)38-32-16-9-21-35(32)22-23-39(31-15-8-5-12-27(31)24-35)34(41)26-17-19-28(20-18-26)37-33(40)30-14-7-6-13-29(30)25-10-3-2-4-11-25;21-19(23)15-10-12-16(13-11-15)22-20(24)18-9-5-4-8-17(18)14-6-2-1-3-7-14;1-16(19)18-14-7-4-8-15(14)9-10-17-13-6-3-2-5-12(13)11-15/h2-8,10-15,17-20,32,38,42H,9,16,21-24H2,1H3,(H,37,40);1-13H,(H,22,24);2-3,5-6,14,17-19H,4,7-11H2,1H3. The zero-order valence-electron chi connectivity index (χ0n) is 48.3. The molecule has 432 valence electrons. The van der Waals surface area contributed by atoms with Crippen molar-refractivity contribution in [3.05, 3.63) is 240 Å². The van der Waals surface area contributed by atoms with E-state index in [-0.39, 0.29) is 29.2 Å². The number of nitrogens with one attached hydrogen (secondary N) is 5. The van der Waals surface area contributed by atoms with Crippen LogP contribution in [0.5, 0.6) is 0 Å². The molecule has 2 aliphatic heterocycles. The number of halogens is 1. The van der Waals surface area contributed by atoms with Crippen LogP contribution in [0.15, 0.2) is 206 Å². The fourth-order valence-electron chi connectivity index (χ4n) is 13.3. The third kappa shape index (κ3) is 14.5. The maximum Gasteiger partial charge on any atom is 0.373 e. The van der Waals surface area contributed by atoms with Crippen LogP contribution < -0.4 is 31.3 Å². The van der Waals surface area contributed by atoms with Crippen LogP contribution in [0, 0.1) is 10.8 Å². The average molecular weight is 1150 g/mol. The molecule has 2 spiro atoms. The van der Waals surface area contributed by atoms with Gasteiger partial charge in [0.05, 0.1) is 0 Å². The molecule has 8 aromatic rings. The number of fused-ring (bicyclic) bond motifs is 2. The van der Waals surface area contributed by atoms with Crippen molar-refractivity contribution in [2.75, 3.05) is 33.9 Å². The number of carbonyl (C=O) groups excluding carboxylic acids is 4. The van der Waals surface area contributed by atoms with Gasteiger partial charge in [-0.2, -0.15) is 0 Å². The van der Waals surface area contributed by atoms with Crippen molar-refractivity contribution in [2.24, 2.45) is 10.8 Å². The van der Waals surface area contributed by atoms with Crippen molar-refractivity contribution in [3.63, 3.8) is 0 Å². The van der Waals surface area contributed by atoms with Crippen molar-refractivity contribution in [3.8, 4) is 22.3 Å².